The Labute approximate surface area is 198 Å². The number of benzene rings is 3. The molecule has 34 heavy (non-hydrogen) atoms. The molecule has 3 aromatic rings. The van der Waals surface area contributed by atoms with Gasteiger partial charge in [-0.25, -0.2) is 13.2 Å². The fourth-order valence-corrected chi connectivity index (χ4v) is 5.05. The van der Waals surface area contributed by atoms with E-state index in [0.717, 1.165) is 27.6 Å². The van der Waals surface area contributed by atoms with E-state index in [0.29, 0.717) is 24.2 Å². The molecule has 3 aromatic carbocycles. The van der Waals surface area contributed by atoms with Gasteiger partial charge in [0.1, 0.15) is 5.75 Å². The Kier molecular flexibility index (Phi) is 6.70. The predicted octanol–water partition coefficient (Wildman–Crippen LogP) is 4.00. The molecule has 0 fully saturated rings. The van der Waals surface area contributed by atoms with Crippen molar-refractivity contribution in [3.63, 3.8) is 0 Å². The number of hydrogen-bond acceptors (Lipinski definition) is 6. The molecule has 0 saturated heterocycles. The lowest BCUT2D eigenvalue weighted by Crippen LogP contribution is -2.30. The first-order valence-corrected chi connectivity index (χ1v) is 12.5. The van der Waals surface area contributed by atoms with E-state index in [4.69, 9.17) is 9.47 Å². The molecule has 0 atom stereocenters. The van der Waals surface area contributed by atoms with Crippen LogP contribution in [-0.2, 0) is 26.0 Å². The number of rotatable bonds is 8. The maximum atomic E-state index is 12.5. The van der Waals surface area contributed by atoms with Gasteiger partial charge in [0.15, 0.2) is 12.4 Å². The maximum Gasteiger partial charge on any atom is 0.331 e. The van der Waals surface area contributed by atoms with Gasteiger partial charge >= 0.3 is 5.97 Å². The molecule has 0 aromatic heterocycles. The third-order valence-electron chi connectivity index (χ3n) is 5.78. The number of hydrogen-bond donors (Lipinski definition) is 0. The highest BCUT2D eigenvalue weighted by molar-refractivity contribution is 7.92. The Bertz CT molecular complexity index is 1390. The van der Waals surface area contributed by atoms with Crippen molar-refractivity contribution in [3.8, 4) is 5.75 Å². The van der Waals surface area contributed by atoms with Gasteiger partial charge in [-0.2, -0.15) is 0 Å². The molecule has 0 amide bonds. The number of ketones is 1. The van der Waals surface area contributed by atoms with E-state index in [-0.39, 0.29) is 11.5 Å². The van der Waals surface area contributed by atoms with Crippen LogP contribution in [-0.4, -0.2) is 46.2 Å². The number of carbonyl (C=O) groups is 2. The number of carbonyl (C=O) groups excluding carboxylic acids is 2. The summed E-state index contributed by atoms with van der Waals surface area (Å²) in [5.74, 6) is -0.175. The SMILES string of the molecule is CCS(=O)(=O)N1CCc2cc(C(=O)COC(=O)/C=C/c3ccc4cc(OC)ccc4c3)ccc21. The number of anilines is 1. The molecule has 0 N–H and O–H groups in total. The first-order valence-electron chi connectivity index (χ1n) is 10.9. The smallest absolute Gasteiger partial charge is 0.331 e. The monoisotopic (exact) mass is 479 g/mol. The van der Waals surface area contributed by atoms with E-state index in [9.17, 15) is 18.0 Å². The largest absolute Gasteiger partial charge is 0.497 e. The van der Waals surface area contributed by atoms with Crippen LogP contribution in [0.1, 0.15) is 28.4 Å². The molecule has 4 rings (SSSR count). The lowest BCUT2D eigenvalue weighted by molar-refractivity contribution is -0.136. The quantitative estimate of drug-likeness (QED) is 0.276. The first-order chi connectivity index (χ1) is 16.3. The van der Waals surface area contributed by atoms with Crippen LogP contribution in [0.2, 0.25) is 0 Å². The van der Waals surface area contributed by atoms with Gasteiger partial charge in [0.05, 0.1) is 18.6 Å². The van der Waals surface area contributed by atoms with Crippen molar-refractivity contribution in [2.24, 2.45) is 0 Å². The molecule has 8 heteroatoms. The summed E-state index contributed by atoms with van der Waals surface area (Å²) in [7, 11) is -1.73. The normalized spacial score (nSPS) is 13.3. The highest BCUT2D eigenvalue weighted by Crippen LogP contribution is 2.31. The second-order valence-corrected chi connectivity index (χ2v) is 10.1. The van der Waals surface area contributed by atoms with Crippen LogP contribution in [0.3, 0.4) is 0 Å². The number of fused-ring (bicyclic) bond motifs is 2. The van der Waals surface area contributed by atoms with Gasteiger partial charge in [0.2, 0.25) is 10.0 Å². The summed E-state index contributed by atoms with van der Waals surface area (Å²) in [4.78, 5) is 24.6. The third kappa shape index (κ3) is 4.97. The zero-order chi connectivity index (χ0) is 24.3. The Morgan fingerprint density at radius 2 is 1.79 bits per heavy atom. The number of nitrogens with zero attached hydrogens (tertiary/aromatic N) is 1. The van der Waals surface area contributed by atoms with Crippen LogP contribution < -0.4 is 9.04 Å². The molecule has 176 valence electrons. The summed E-state index contributed by atoms with van der Waals surface area (Å²) in [6, 6.07) is 16.4. The molecule has 1 heterocycles. The second kappa shape index (κ2) is 9.69. The highest BCUT2D eigenvalue weighted by atomic mass is 32.2. The first kappa shape index (κ1) is 23.5. The third-order valence-corrected chi connectivity index (χ3v) is 7.56. The van der Waals surface area contributed by atoms with E-state index < -0.39 is 22.6 Å². The highest BCUT2D eigenvalue weighted by Gasteiger charge is 2.28. The number of esters is 1. The number of ether oxygens (including phenoxy) is 2. The lowest BCUT2D eigenvalue weighted by Gasteiger charge is -2.18. The second-order valence-electron chi connectivity index (χ2n) is 7.90. The van der Waals surface area contributed by atoms with Crippen molar-refractivity contribution < 1.29 is 27.5 Å². The van der Waals surface area contributed by atoms with E-state index in [2.05, 4.69) is 0 Å². The van der Waals surface area contributed by atoms with Crippen molar-refractivity contribution in [2.75, 3.05) is 30.3 Å². The van der Waals surface area contributed by atoms with Gasteiger partial charge in [0.25, 0.3) is 0 Å². The van der Waals surface area contributed by atoms with Gasteiger partial charge < -0.3 is 9.47 Å². The number of methoxy groups -OCH3 is 1. The van der Waals surface area contributed by atoms with Gasteiger partial charge in [-0.1, -0.05) is 18.2 Å². The summed E-state index contributed by atoms with van der Waals surface area (Å²) in [5, 5.41) is 2.03. The molecular weight excluding hydrogens is 454 g/mol. The fourth-order valence-electron chi connectivity index (χ4n) is 3.90. The van der Waals surface area contributed by atoms with Gasteiger partial charge in [0, 0.05) is 18.2 Å². The minimum absolute atomic E-state index is 0.0184. The minimum Gasteiger partial charge on any atom is -0.497 e. The molecule has 0 saturated carbocycles. The minimum atomic E-state index is -3.34. The van der Waals surface area contributed by atoms with Crippen molar-refractivity contribution in [2.45, 2.75) is 13.3 Å². The van der Waals surface area contributed by atoms with E-state index >= 15 is 0 Å². The molecule has 0 radical (unpaired) electrons. The molecule has 1 aliphatic heterocycles. The Morgan fingerprint density at radius 1 is 1.03 bits per heavy atom. The van der Waals surface area contributed by atoms with E-state index in [1.807, 2.05) is 36.4 Å². The summed E-state index contributed by atoms with van der Waals surface area (Å²) in [5.41, 5.74) is 2.61. The Morgan fingerprint density at radius 3 is 2.56 bits per heavy atom. The van der Waals surface area contributed by atoms with Crippen LogP contribution in [0.4, 0.5) is 5.69 Å². The van der Waals surface area contributed by atoms with Crippen molar-refractivity contribution >= 4 is 44.3 Å². The summed E-state index contributed by atoms with van der Waals surface area (Å²) >= 11 is 0. The molecule has 0 bridgehead atoms. The molecule has 0 unspecified atom stereocenters. The lowest BCUT2D eigenvalue weighted by atomic mass is 10.1. The fraction of sp³-hybridized carbons (Fsp3) is 0.231. The number of Topliss-reactive ketones (excluding diaryl/α,β-unsaturated/α-hetero) is 1. The van der Waals surface area contributed by atoms with Gasteiger partial charge in [-0.3, -0.25) is 9.10 Å². The van der Waals surface area contributed by atoms with Crippen LogP contribution in [0.15, 0.2) is 60.7 Å². The molecule has 7 nitrogen and oxygen atoms in total. The molecule has 1 aliphatic rings. The zero-order valence-electron chi connectivity index (χ0n) is 19.0. The van der Waals surface area contributed by atoms with E-state index in [1.165, 1.54) is 10.4 Å². The molecule has 0 spiro atoms. The zero-order valence-corrected chi connectivity index (χ0v) is 19.8. The van der Waals surface area contributed by atoms with Crippen molar-refractivity contribution in [1.82, 2.24) is 0 Å². The Hall–Kier alpha value is -3.65. The van der Waals surface area contributed by atoms with Crippen LogP contribution >= 0.6 is 0 Å². The number of sulfonamides is 1. The average Bonchev–Trinajstić information content (AvgIpc) is 3.29. The van der Waals surface area contributed by atoms with Crippen LogP contribution in [0, 0.1) is 0 Å². The summed E-state index contributed by atoms with van der Waals surface area (Å²) in [6.07, 6.45) is 3.46. The predicted molar refractivity (Wildman–Crippen MR) is 132 cm³/mol. The average molecular weight is 480 g/mol. The Balaban J connectivity index is 1.36. The molecule has 0 aliphatic carbocycles. The van der Waals surface area contributed by atoms with Crippen molar-refractivity contribution in [3.05, 3.63) is 77.4 Å². The van der Waals surface area contributed by atoms with Crippen molar-refractivity contribution in [1.29, 1.82) is 0 Å². The van der Waals surface area contributed by atoms with Gasteiger partial charge in [-0.15, -0.1) is 0 Å². The standard InChI is InChI=1S/C26H25NO6S/c1-3-34(30,31)27-13-12-21-15-22(8-10-24(21)27)25(28)17-33-26(29)11-5-18-4-6-20-16-23(32-2)9-7-19(20)14-18/h4-11,14-16H,3,12-13,17H2,1-2H3/b11-5+. The van der Waals surface area contributed by atoms with Crippen LogP contribution in [0.5, 0.6) is 5.75 Å². The molecular formula is C26H25NO6S. The summed E-state index contributed by atoms with van der Waals surface area (Å²) < 4.78 is 36.1. The topological polar surface area (TPSA) is 90.0 Å². The van der Waals surface area contributed by atoms with Gasteiger partial charge in [-0.05, 0) is 77.7 Å². The van der Waals surface area contributed by atoms with E-state index in [1.54, 1.807) is 38.3 Å². The maximum absolute atomic E-state index is 12.5. The summed E-state index contributed by atoms with van der Waals surface area (Å²) in [6.45, 7) is 1.58. The van der Waals surface area contributed by atoms with Crippen LogP contribution in [0.25, 0.3) is 16.8 Å².